The lowest BCUT2D eigenvalue weighted by atomic mass is 10.3. The fraction of sp³-hybridized carbons (Fsp3) is 0.421. The highest BCUT2D eigenvalue weighted by Crippen LogP contribution is 2.24. The Hall–Kier alpha value is -3.03. The lowest BCUT2D eigenvalue weighted by Gasteiger charge is -2.35. The van der Waals surface area contributed by atoms with Crippen molar-refractivity contribution in [2.24, 2.45) is 0 Å². The lowest BCUT2D eigenvalue weighted by Crippen LogP contribution is -2.50. The molecule has 1 saturated heterocycles. The summed E-state index contributed by atoms with van der Waals surface area (Å²) in [5.41, 5.74) is 1.60. The Morgan fingerprint density at radius 1 is 1.19 bits per heavy atom. The van der Waals surface area contributed by atoms with E-state index < -0.39 is 0 Å². The number of piperazine rings is 1. The van der Waals surface area contributed by atoms with Crippen LogP contribution >= 0.6 is 0 Å². The molecule has 1 aliphatic rings. The average molecular weight is 370 g/mol. The second-order valence-electron chi connectivity index (χ2n) is 6.33. The number of methoxy groups -OCH3 is 1. The van der Waals surface area contributed by atoms with Gasteiger partial charge in [0.2, 0.25) is 5.95 Å². The van der Waals surface area contributed by atoms with Gasteiger partial charge in [0.1, 0.15) is 11.6 Å². The summed E-state index contributed by atoms with van der Waals surface area (Å²) in [6, 6.07) is 9.26. The van der Waals surface area contributed by atoms with Crippen LogP contribution in [0.2, 0.25) is 0 Å². The molecule has 2 aromatic rings. The Kier molecular flexibility index (Phi) is 5.95. The second-order valence-corrected chi connectivity index (χ2v) is 6.33. The number of hydrogen-bond donors (Lipinski definition) is 2. The normalized spacial score (nSPS) is 14.0. The fourth-order valence-electron chi connectivity index (χ4n) is 3.03. The van der Waals surface area contributed by atoms with E-state index in [0.29, 0.717) is 30.5 Å². The number of rotatable bonds is 5. The van der Waals surface area contributed by atoms with Crippen molar-refractivity contribution in [2.75, 3.05) is 55.4 Å². The highest BCUT2D eigenvalue weighted by molar-refractivity contribution is 5.91. The van der Waals surface area contributed by atoms with Gasteiger partial charge in [0, 0.05) is 44.5 Å². The van der Waals surface area contributed by atoms with E-state index in [1.807, 2.05) is 49.1 Å². The molecule has 0 unspecified atom stereocenters. The molecule has 1 aliphatic heterocycles. The minimum atomic E-state index is -0.119. The van der Waals surface area contributed by atoms with Gasteiger partial charge in [-0.1, -0.05) is 12.1 Å². The molecule has 1 aromatic heterocycles. The largest absolute Gasteiger partial charge is 0.495 e. The van der Waals surface area contributed by atoms with Gasteiger partial charge in [0.05, 0.1) is 12.8 Å². The quantitative estimate of drug-likeness (QED) is 0.842. The number of anilines is 3. The number of benzene rings is 1. The Labute approximate surface area is 159 Å². The standard InChI is InChI=1S/C19H26N6O2/c1-4-20-18-21-14(2)13-17(23-18)24-9-11-25(12-10-24)19(26)22-15-7-5-6-8-16(15)27-3/h5-8,13H,4,9-12H2,1-3H3,(H,22,26)(H,20,21,23). The highest BCUT2D eigenvalue weighted by Gasteiger charge is 2.23. The maximum absolute atomic E-state index is 12.6. The van der Waals surface area contributed by atoms with E-state index in [1.165, 1.54) is 0 Å². The van der Waals surface area contributed by atoms with Crippen LogP contribution in [0, 0.1) is 6.92 Å². The SMILES string of the molecule is CCNc1nc(C)cc(N2CCN(C(=O)Nc3ccccc3OC)CC2)n1. The van der Waals surface area contributed by atoms with E-state index in [4.69, 9.17) is 4.74 Å². The van der Waals surface area contributed by atoms with Crippen LogP contribution < -0.4 is 20.3 Å². The van der Waals surface area contributed by atoms with Gasteiger partial charge < -0.3 is 25.2 Å². The van der Waals surface area contributed by atoms with Gasteiger partial charge in [-0.05, 0) is 26.0 Å². The predicted molar refractivity (Wildman–Crippen MR) is 107 cm³/mol. The summed E-state index contributed by atoms with van der Waals surface area (Å²) < 4.78 is 5.29. The van der Waals surface area contributed by atoms with Crippen molar-refractivity contribution in [1.29, 1.82) is 0 Å². The molecule has 2 N–H and O–H groups in total. The van der Waals surface area contributed by atoms with Crippen LogP contribution in [0.3, 0.4) is 0 Å². The van der Waals surface area contributed by atoms with Crippen molar-refractivity contribution < 1.29 is 9.53 Å². The smallest absolute Gasteiger partial charge is 0.322 e. The molecule has 0 atom stereocenters. The van der Waals surface area contributed by atoms with Gasteiger partial charge in [-0.15, -0.1) is 0 Å². The zero-order valence-electron chi connectivity index (χ0n) is 16.0. The van der Waals surface area contributed by atoms with Gasteiger partial charge in [0.15, 0.2) is 0 Å². The van der Waals surface area contributed by atoms with Gasteiger partial charge in [0.25, 0.3) is 0 Å². The third-order valence-corrected chi connectivity index (χ3v) is 4.42. The number of nitrogens with zero attached hydrogens (tertiary/aromatic N) is 4. The van der Waals surface area contributed by atoms with E-state index in [1.54, 1.807) is 7.11 Å². The van der Waals surface area contributed by atoms with Crippen molar-refractivity contribution in [3.8, 4) is 5.75 Å². The van der Waals surface area contributed by atoms with E-state index in [2.05, 4.69) is 25.5 Å². The van der Waals surface area contributed by atoms with Crippen LogP contribution in [0.15, 0.2) is 30.3 Å². The molecule has 27 heavy (non-hydrogen) atoms. The zero-order valence-corrected chi connectivity index (χ0v) is 16.0. The first-order valence-electron chi connectivity index (χ1n) is 9.14. The van der Waals surface area contributed by atoms with Crippen LogP contribution in [0.4, 0.5) is 22.2 Å². The molecule has 8 heteroatoms. The van der Waals surface area contributed by atoms with Gasteiger partial charge in [-0.3, -0.25) is 0 Å². The van der Waals surface area contributed by atoms with Crippen LogP contribution in [0.25, 0.3) is 0 Å². The number of aryl methyl sites for hydroxylation is 1. The second kappa shape index (κ2) is 8.57. The number of carbonyl (C=O) groups is 1. The average Bonchev–Trinajstić information content (AvgIpc) is 2.68. The van der Waals surface area contributed by atoms with E-state index in [0.717, 1.165) is 31.1 Å². The Morgan fingerprint density at radius 3 is 2.63 bits per heavy atom. The number of hydrogen-bond acceptors (Lipinski definition) is 6. The first-order chi connectivity index (χ1) is 13.1. The van der Waals surface area contributed by atoms with Crippen LogP contribution in [-0.2, 0) is 0 Å². The number of aromatic nitrogens is 2. The summed E-state index contributed by atoms with van der Waals surface area (Å²) in [7, 11) is 1.59. The monoisotopic (exact) mass is 370 g/mol. The summed E-state index contributed by atoms with van der Waals surface area (Å²) in [4.78, 5) is 25.5. The summed E-state index contributed by atoms with van der Waals surface area (Å²) in [6.45, 7) is 7.46. The molecule has 1 fully saturated rings. The molecule has 0 spiro atoms. The van der Waals surface area contributed by atoms with Crippen molar-refractivity contribution >= 4 is 23.5 Å². The fourth-order valence-corrected chi connectivity index (χ4v) is 3.03. The van der Waals surface area contributed by atoms with E-state index in [-0.39, 0.29) is 6.03 Å². The van der Waals surface area contributed by atoms with Crippen molar-refractivity contribution in [2.45, 2.75) is 13.8 Å². The van der Waals surface area contributed by atoms with E-state index >= 15 is 0 Å². The maximum atomic E-state index is 12.6. The van der Waals surface area contributed by atoms with Crippen LogP contribution in [-0.4, -0.2) is 60.7 Å². The number of ether oxygens (including phenoxy) is 1. The van der Waals surface area contributed by atoms with Crippen molar-refractivity contribution in [3.05, 3.63) is 36.0 Å². The Bertz CT molecular complexity index is 790. The van der Waals surface area contributed by atoms with Gasteiger partial charge in [-0.2, -0.15) is 4.98 Å². The van der Waals surface area contributed by atoms with E-state index in [9.17, 15) is 4.79 Å². The van der Waals surface area contributed by atoms with Gasteiger partial charge >= 0.3 is 6.03 Å². The third-order valence-electron chi connectivity index (χ3n) is 4.42. The molecule has 1 aromatic carbocycles. The summed E-state index contributed by atoms with van der Waals surface area (Å²) in [5, 5.41) is 6.09. The Morgan fingerprint density at radius 2 is 1.93 bits per heavy atom. The molecule has 0 aliphatic carbocycles. The molecule has 0 bridgehead atoms. The molecule has 0 saturated carbocycles. The summed E-state index contributed by atoms with van der Waals surface area (Å²) in [6.07, 6.45) is 0. The lowest BCUT2D eigenvalue weighted by molar-refractivity contribution is 0.208. The third kappa shape index (κ3) is 4.58. The zero-order chi connectivity index (χ0) is 19.2. The molecule has 2 amide bonds. The van der Waals surface area contributed by atoms with Gasteiger partial charge in [-0.25, -0.2) is 9.78 Å². The first kappa shape index (κ1) is 18.8. The molecular formula is C19H26N6O2. The topological polar surface area (TPSA) is 82.6 Å². The molecular weight excluding hydrogens is 344 g/mol. The summed E-state index contributed by atoms with van der Waals surface area (Å²) >= 11 is 0. The van der Waals surface area contributed by atoms with Crippen molar-refractivity contribution in [1.82, 2.24) is 14.9 Å². The molecule has 0 radical (unpaired) electrons. The number of para-hydroxylation sites is 2. The first-order valence-corrected chi connectivity index (χ1v) is 9.14. The highest BCUT2D eigenvalue weighted by atomic mass is 16.5. The van der Waals surface area contributed by atoms with Crippen LogP contribution in [0.1, 0.15) is 12.6 Å². The Balaban J connectivity index is 1.61. The van der Waals surface area contributed by atoms with Crippen molar-refractivity contribution in [3.63, 3.8) is 0 Å². The minimum absolute atomic E-state index is 0.119. The number of nitrogens with one attached hydrogen (secondary N) is 2. The maximum Gasteiger partial charge on any atom is 0.322 e. The minimum Gasteiger partial charge on any atom is -0.495 e. The molecule has 2 heterocycles. The number of amides is 2. The molecule has 3 rings (SSSR count). The molecule has 8 nitrogen and oxygen atoms in total. The molecule has 144 valence electrons. The summed E-state index contributed by atoms with van der Waals surface area (Å²) in [5.74, 6) is 2.18. The van der Waals surface area contributed by atoms with Crippen LogP contribution in [0.5, 0.6) is 5.75 Å². The predicted octanol–water partition coefficient (Wildman–Crippen LogP) is 2.58. The number of carbonyl (C=O) groups excluding carboxylic acids is 1. The number of urea groups is 1.